The molecule has 33 heavy (non-hydrogen) atoms. The third kappa shape index (κ3) is 6.10. The number of thioether (sulfide) groups is 1. The molecule has 3 aromatic carbocycles. The Kier molecular flexibility index (Phi) is 7.57. The van der Waals surface area contributed by atoms with Crippen molar-refractivity contribution in [3.05, 3.63) is 118 Å². The van der Waals surface area contributed by atoms with E-state index in [1.165, 1.54) is 23.1 Å². The van der Waals surface area contributed by atoms with E-state index in [0.717, 1.165) is 10.5 Å². The maximum atomic E-state index is 13.4. The average molecular weight is 492 g/mol. The maximum absolute atomic E-state index is 13.4. The molecule has 0 saturated heterocycles. The number of rotatable bonds is 7. The molecule has 5 nitrogen and oxygen atoms in total. The van der Waals surface area contributed by atoms with Gasteiger partial charge in [-0.15, -0.1) is 11.3 Å². The Bertz CT molecular complexity index is 1260. The highest BCUT2D eigenvalue weighted by atomic mass is 35.5. The summed E-state index contributed by atoms with van der Waals surface area (Å²) < 4.78 is 0. The van der Waals surface area contributed by atoms with Crippen LogP contribution in [0, 0.1) is 0 Å². The van der Waals surface area contributed by atoms with Crippen LogP contribution in [0.25, 0.3) is 4.91 Å². The lowest BCUT2D eigenvalue weighted by Gasteiger charge is -2.16. The van der Waals surface area contributed by atoms with Crippen molar-refractivity contribution in [3.63, 3.8) is 0 Å². The molecule has 0 saturated carbocycles. The van der Waals surface area contributed by atoms with E-state index in [1.54, 1.807) is 48.0 Å². The van der Waals surface area contributed by atoms with Gasteiger partial charge in [-0.05, 0) is 42.0 Å². The molecule has 0 fully saturated rings. The summed E-state index contributed by atoms with van der Waals surface area (Å²) in [7, 11) is 0. The van der Waals surface area contributed by atoms with Crippen molar-refractivity contribution in [2.75, 3.05) is 5.32 Å². The van der Waals surface area contributed by atoms with Crippen molar-refractivity contribution in [1.82, 2.24) is 10.3 Å². The molecule has 0 spiro atoms. The zero-order valence-corrected chi connectivity index (χ0v) is 19.6. The van der Waals surface area contributed by atoms with Gasteiger partial charge in [-0.2, -0.15) is 0 Å². The molecule has 8 heteroatoms. The number of aromatic nitrogens is 1. The number of benzene rings is 3. The van der Waals surface area contributed by atoms with E-state index in [0.29, 0.717) is 20.6 Å². The zero-order chi connectivity index (χ0) is 23.0. The van der Waals surface area contributed by atoms with Crippen molar-refractivity contribution < 1.29 is 9.59 Å². The van der Waals surface area contributed by atoms with E-state index in [9.17, 15) is 9.59 Å². The minimum absolute atomic E-state index is 0.130. The Morgan fingerprint density at radius 1 is 0.848 bits per heavy atom. The van der Waals surface area contributed by atoms with Crippen LogP contribution in [0.15, 0.2) is 107 Å². The second-order valence-electron chi connectivity index (χ2n) is 6.74. The molecule has 0 bridgehead atoms. The van der Waals surface area contributed by atoms with E-state index in [-0.39, 0.29) is 11.6 Å². The summed E-state index contributed by atoms with van der Waals surface area (Å²) in [6.45, 7) is 0. The number of amides is 2. The molecular formula is C25H18ClN3O2S2. The third-order valence-electron chi connectivity index (χ3n) is 4.45. The maximum Gasteiger partial charge on any atom is 0.275 e. The van der Waals surface area contributed by atoms with Crippen LogP contribution in [0.5, 0.6) is 0 Å². The van der Waals surface area contributed by atoms with Crippen LogP contribution < -0.4 is 10.6 Å². The largest absolute Gasteiger partial charge is 0.316 e. The summed E-state index contributed by atoms with van der Waals surface area (Å²) in [5.74, 6) is -0.848. The Morgan fingerprint density at radius 2 is 1.48 bits per heavy atom. The van der Waals surface area contributed by atoms with Gasteiger partial charge in [-0.1, -0.05) is 71.9 Å². The van der Waals surface area contributed by atoms with Crippen molar-refractivity contribution in [3.8, 4) is 0 Å². The summed E-state index contributed by atoms with van der Waals surface area (Å²) in [6.07, 6.45) is 1.60. The van der Waals surface area contributed by atoms with Crippen molar-refractivity contribution in [1.29, 1.82) is 0 Å². The molecular weight excluding hydrogens is 474 g/mol. The molecule has 1 heterocycles. The SMILES string of the molecule is O=C(Nc1nccs1)/C(NC(=O)c1ccccc1)=C(\Sc1ccc(Cl)cc1)c1ccccc1. The molecule has 0 aliphatic rings. The van der Waals surface area contributed by atoms with E-state index >= 15 is 0 Å². The summed E-state index contributed by atoms with van der Waals surface area (Å²) in [5, 5.41) is 8.44. The standard InChI is InChI=1S/C25H18ClN3O2S2/c26-19-11-13-20(14-12-19)33-22(17-7-3-1-4-8-17)21(24(31)29-25-27-15-16-32-25)28-23(30)18-9-5-2-6-10-18/h1-16H,(H,28,30)(H,27,29,31)/b22-21+. The molecule has 0 atom stereocenters. The van der Waals surface area contributed by atoms with Gasteiger partial charge in [0.2, 0.25) is 0 Å². The second kappa shape index (κ2) is 11.0. The van der Waals surface area contributed by atoms with Crippen LogP contribution in [-0.2, 0) is 4.79 Å². The highest BCUT2D eigenvalue weighted by Crippen LogP contribution is 2.37. The van der Waals surface area contributed by atoms with Gasteiger partial charge in [0, 0.05) is 32.0 Å². The van der Waals surface area contributed by atoms with Gasteiger partial charge in [0.05, 0.1) is 0 Å². The Balaban J connectivity index is 1.79. The smallest absolute Gasteiger partial charge is 0.275 e. The molecule has 164 valence electrons. The number of carbonyl (C=O) groups excluding carboxylic acids is 2. The number of halogens is 1. The van der Waals surface area contributed by atoms with Gasteiger partial charge in [-0.25, -0.2) is 4.98 Å². The van der Waals surface area contributed by atoms with Crippen LogP contribution in [0.2, 0.25) is 5.02 Å². The quantitative estimate of drug-likeness (QED) is 0.234. The lowest BCUT2D eigenvalue weighted by atomic mass is 10.1. The minimum Gasteiger partial charge on any atom is -0.316 e. The van der Waals surface area contributed by atoms with E-state index in [4.69, 9.17) is 11.6 Å². The summed E-state index contributed by atoms with van der Waals surface area (Å²) in [6, 6.07) is 25.5. The minimum atomic E-state index is -0.463. The number of nitrogens with zero attached hydrogens (tertiary/aromatic N) is 1. The number of hydrogen-bond acceptors (Lipinski definition) is 5. The normalized spacial score (nSPS) is 11.4. The van der Waals surface area contributed by atoms with E-state index in [1.807, 2.05) is 48.5 Å². The van der Waals surface area contributed by atoms with Gasteiger partial charge in [0.1, 0.15) is 5.70 Å². The Hall–Kier alpha value is -3.39. The Morgan fingerprint density at radius 3 is 2.09 bits per heavy atom. The first kappa shape index (κ1) is 22.8. The average Bonchev–Trinajstić information content (AvgIpc) is 3.36. The van der Waals surface area contributed by atoms with Crippen LogP contribution >= 0.6 is 34.7 Å². The van der Waals surface area contributed by atoms with Gasteiger partial charge in [0.15, 0.2) is 5.13 Å². The number of hydrogen-bond donors (Lipinski definition) is 2. The highest BCUT2D eigenvalue weighted by Gasteiger charge is 2.22. The van der Waals surface area contributed by atoms with Crippen molar-refractivity contribution in [2.45, 2.75) is 4.90 Å². The molecule has 1 aromatic heterocycles. The summed E-state index contributed by atoms with van der Waals surface area (Å²) in [5.41, 5.74) is 1.36. The molecule has 0 aliphatic carbocycles. The fraction of sp³-hybridized carbons (Fsp3) is 0. The third-order valence-corrected chi connectivity index (χ3v) is 6.54. The molecule has 4 aromatic rings. The van der Waals surface area contributed by atoms with Crippen LogP contribution in [-0.4, -0.2) is 16.8 Å². The predicted molar refractivity (Wildman–Crippen MR) is 135 cm³/mol. The first-order valence-corrected chi connectivity index (χ1v) is 12.0. The van der Waals surface area contributed by atoms with Crippen molar-refractivity contribution in [2.24, 2.45) is 0 Å². The zero-order valence-electron chi connectivity index (χ0n) is 17.2. The fourth-order valence-electron chi connectivity index (χ4n) is 2.90. The molecule has 0 radical (unpaired) electrons. The van der Waals surface area contributed by atoms with Gasteiger partial charge < -0.3 is 5.32 Å². The van der Waals surface area contributed by atoms with E-state index in [2.05, 4.69) is 15.6 Å². The summed E-state index contributed by atoms with van der Waals surface area (Å²) >= 11 is 8.71. The summed E-state index contributed by atoms with van der Waals surface area (Å²) in [4.78, 5) is 32.0. The predicted octanol–water partition coefficient (Wildman–Crippen LogP) is 6.33. The molecule has 0 aliphatic heterocycles. The molecule has 2 N–H and O–H groups in total. The first-order valence-electron chi connectivity index (χ1n) is 9.90. The molecule has 2 amide bonds. The topological polar surface area (TPSA) is 71.1 Å². The molecule has 4 rings (SSSR count). The van der Waals surface area contributed by atoms with Gasteiger partial charge >= 0.3 is 0 Å². The van der Waals surface area contributed by atoms with Gasteiger partial charge in [0.25, 0.3) is 11.8 Å². The lowest BCUT2D eigenvalue weighted by Crippen LogP contribution is -2.31. The first-order chi connectivity index (χ1) is 16.1. The fourth-order valence-corrected chi connectivity index (χ4v) is 4.56. The lowest BCUT2D eigenvalue weighted by molar-refractivity contribution is -0.113. The van der Waals surface area contributed by atoms with Crippen LogP contribution in [0.1, 0.15) is 15.9 Å². The van der Waals surface area contributed by atoms with E-state index < -0.39 is 5.91 Å². The van der Waals surface area contributed by atoms with Gasteiger partial charge in [-0.3, -0.25) is 14.9 Å². The number of nitrogens with one attached hydrogen (secondary N) is 2. The molecule has 0 unspecified atom stereocenters. The number of carbonyl (C=O) groups is 2. The number of anilines is 1. The second-order valence-corrected chi connectivity index (χ2v) is 9.15. The number of thiazole rings is 1. The van der Waals surface area contributed by atoms with Crippen LogP contribution in [0.4, 0.5) is 5.13 Å². The van der Waals surface area contributed by atoms with Crippen molar-refractivity contribution >= 4 is 56.6 Å². The monoisotopic (exact) mass is 491 g/mol. The van der Waals surface area contributed by atoms with Crippen LogP contribution in [0.3, 0.4) is 0 Å². The Labute approximate surface area is 204 Å². The highest BCUT2D eigenvalue weighted by molar-refractivity contribution is 8.08.